The minimum Gasteiger partial charge on any atom is -0.346 e. The van der Waals surface area contributed by atoms with Gasteiger partial charge in [-0.25, -0.2) is 13.8 Å². The van der Waals surface area contributed by atoms with Gasteiger partial charge in [0.1, 0.15) is 17.3 Å². The summed E-state index contributed by atoms with van der Waals surface area (Å²) in [6, 6.07) is 5.45. The lowest BCUT2D eigenvalue weighted by Gasteiger charge is -2.53. The predicted molar refractivity (Wildman–Crippen MR) is 131 cm³/mol. The second-order valence-corrected chi connectivity index (χ2v) is 9.27. The van der Waals surface area contributed by atoms with Crippen molar-refractivity contribution in [3.05, 3.63) is 71.2 Å². The number of piperidine rings is 1. The third kappa shape index (κ3) is 4.32. The van der Waals surface area contributed by atoms with E-state index in [1.54, 1.807) is 41.3 Å². The molecule has 2 aliphatic rings. The van der Waals surface area contributed by atoms with Crippen molar-refractivity contribution in [2.45, 2.75) is 44.7 Å². The summed E-state index contributed by atoms with van der Waals surface area (Å²) in [7, 11) is 1.80. The maximum atomic E-state index is 13.7. The fourth-order valence-electron chi connectivity index (χ4n) is 4.66. The fourth-order valence-corrected chi connectivity index (χ4v) is 4.66. The van der Waals surface area contributed by atoms with Gasteiger partial charge < -0.3 is 15.5 Å². The summed E-state index contributed by atoms with van der Waals surface area (Å²) in [6.45, 7) is 2.00. The van der Waals surface area contributed by atoms with Crippen LogP contribution in [0.1, 0.15) is 36.8 Å². The van der Waals surface area contributed by atoms with Gasteiger partial charge in [0.15, 0.2) is 11.6 Å². The number of amides is 1. The number of rotatable bonds is 6. The number of hydrogen-bond donors (Lipinski definition) is 3. The highest BCUT2D eigenvalue weighted by Gasteiger charge is 2.50. The van der Waals surface area contributed by atoms with Crippen LogP contribution in [0.15, 0.2) is 48.4 Å². The minimum atomic E-state index is -0.947. The SMILES string of the molecule is Cc1cnc(Nc2ccnn2C)nc1N/C=C1/CC2(CCC2)N(Cc2ccc(F)c(F)c2)C(=O)C1=N. The van der Waals surface area contributed by atoms with E-state index in [9.17, 15) is 13.6 Å². The van der Waals surface area contributed by atoms with Crippen molar-refractivity contribution in [2.75, 3.05) is 10.6 Å². The Morgan fingerprint density at radius 2 is 2.03 bits per heavy atom. The number of likely N-dealkylation sites (tertiary alicyclic amines) is 1. The average molecular weight is 493 g/mol. The van der Waals surface area contributed by atoms with Gasteiger partial charge in [-0.1, -0.05) is 6.07 Å². The summed E-state index contributed by atoms with van der Waals surface area (Å²) >= 11 is 0. The molecule has 0 atom stereocenters. The monoisotopic (exact) mass is 492 g/mol. The first-order chi connectivity index (χ1) is 17.3. The van der Waals surface area contributed by atoms with E-state index in [0.717, 1.165) is 42.8 Å². The molecular weight excluding hydrogens is 466 g/mol. The maximum Gasteiger partial charge on any atom is 0.272 e. The highest BCUT2D eigenvalue weighted by molar-refractivity contribution is 6.44. The molecule has 2 fully saturated rings. The van der Waals surface area contributed by atoms with Crippen molar-refractivity contribution in [3.8, 4) is 0 Å². The first kappa shape index (κ1) is 23.6. The predicted octanol–water partition coefficient (Wildman–Crippen LogP) is 4.21. The number of carbonyl (C=O) groups excluding carboxylic acids is 1. The molecule has 3 heterocycles. The van der Waals surface area contributed by atoms with E-state index in [2.05, 4.69) is 25.7 Å². The Balaban J connectivity index is 1.35. The normalized spacial score (nSPS) is 18.0. The highest BCUT2D eigenvalue weighted by atomic mass is 19.2. The maximum absolute atomic E-state index is 13.7. The Hall–Kier alpha value is -4.15. The van der Waals surface area contributed by atoms with E-state index < -0.39 is 23.1 Å². The number of anilines is 3. The Bertz CT molecular complexity index is 1380. The number of nitrogens with one attached hydrogen (secondary N) is 3. The van der Waals surface area contributed by atoms with Gasteiger partial charge in [0, 0.05) is 48.7 Å². The van der Waals surface area contributed by atoms with Crippen molar-refractivity contribution < 1.29 is 13.6 Å². The fraction of sp³-hybridized carbons (Fsp3) is 0.320. The lowest BCUT2D eigenvalue weighted by Crippen LogP contribution is -2.61. The van der Waals surface area contributed by atoms with Crippen molar-refractivity contribution in [1.82, 2.24) is 24.6 Å². The van der Waals surface area contributed by atoms with Crippen molar-refractivity contribution in [3.63, 3.8) is 0 Å². The molecule has 1 aliphatic heterocycles. The van der Waals surface area contributed by atoms with Gasteiger partial charge in [0.05, 0.1) is 6.20 Å². The summed E-state index contributed by atoms with van der Waals surface area (Å²) in [4.78, 5) is 23.7. The molecule has 1 spiro atoms. The topological polar surface area (TPSA) is 112 Å². The molecule has 3 N–H and O–H groups in total. The molecule has 0 unspecified atom stereocenters. The standard InChI is InChI=1S/C25H26F2N8O/c1-15-12-30-24(32-20-6-9-31-34(20)2)33-22(15)29-13-17-11-25(7-3-8-25)35(23(36)21(17)28)14-16-4-5-18(26)19(27)10-16/h4-6,9-10,12-13,28H,3,7-8,11,14H2,1-2H3,(H2,29,30,32,33)/b17-13-,28-21?. The van der Waals surface area contributed by atoms with Gasteiger partial charge in [0.2, 0.25) is 5.95 Å². The average Bonchev–Trinajstić information content (AvgIpc) is 3.23. The molecule has 2 aromatic heterocycles. The van der Waals surface area contributed by atoms with Gasteiger partial charge >= 0.3 is 0 Å². The van der Waals surface area contributed by atoms with Crippen LogP contribution in [0.25, 0.3) is 0 Å². The van der Waals surface area contributed by atoms with Gasteiger partial charge in [-0.05, 0) is 50.3 Å². The summed E-state index contributed by atoms with van der Waals surface area (Å²) in [5.74, 6) is -0.628. The van der Waals surface area contributed by atoms with Crippen LogP contribution in [-0.4, -0.2) is 41.8 Å². The van der Waals surface area contributed by atoms with E-state index in [-0.39, 0.29) is 12.3 Å². The first-order valence-corrected chi connectivity index (χ1v) is 11.6. The van der Waals surface area contributed by atoms with Crippen LogP contribution in [0.5, 0.6) is 0 Å². The lowest BCUT2D eigenvalue weighted by atomic mass is 9.68. The molecular formula is C25H26F2N8O. The number of halogens is 2. The van der Waals surface area contributed by atoms with E-state index in [0.29, 0.717) is 29.3 Å². The van der Waals surface area contributed by atoms with Crippen LogP contribution in [0.2, 0.25) is 0 Å². The van der Waals surface area contributed by atoms with Crippen molar-refractivity contribution >= 4 is 29.2 Å². The van der Waals surface area contributed by atoms with E-state index >= 15 is 0 Å². The van der Waals surface area contributed by atoms with E-state index in [1.807, 2.05) is 6.92 Å². The van der Waals surface area contributed by atoms with Crippen LogP contribution in [0, 0.1) is 24.0 Å². The number of nitrogens with zero attached hydrogens (tertiary/aromatic N) is 5. The molecule has 5 rings (SSSR count). The Morgan fingerprint density at radius 1 is 1.22 bits per heavy atom. The van der Waals surface area contributed by atoms with Crippen LogP contribution >= 0.6 is 0 Å². The molecule has 0 radical (unpaired) electrons. The second-order valence-electron chi connectivity index (χ2n) is 9.27. The zero-order valence-electron chi connectivity index (χ0n) is 20.0. The largest absolute Gasteiger partial charge is 0.346 e. The minimum absolute atomic E-state index is 0.123. The van der Waals surface area contributed by atoms with Gasteiger partial charge in [-0.15, -0.1) is 0 Å². The summed E-state index contributed by atoms with van der Waals surface area (Å²) in [6.07, 6.45) is 8.05. The third-order valence-corrected chi connectivity index (χ3v) is 6.90. The quantitative estimate of drug-likeness (QED) is 0.475. The second kappa shape index (κ2) is 9.14. The molecule has 1 aliphatic carbocycles. The summed E-state index contributed by atoms with van der Waals surface area (Å²) in [5, 5.41) is 18.9. The molecule has 3 aromatic rings. The molecule has 0 bridgehead atoms. The molecule has 1 amide bonds. The zero-order valence-corrected chi connectivity index (χ0v) is 20.0. The van der Waals surface area contributed by atoms with Gasteiger partial charge in [-0.2, -0.15) is 10.1 Å². The molecule has 9 nitrogen and oxygen atoms in total. The number of aromatic nitrogens is 4. The highest BCUT2D eigenvalue weighted by Crippen LogP contribution is 2.46. The van der Waals surface area contributed by atoms with E-state index in [1.165, 1.54) is 6.07 Å². The number of benzene rings is 1. The van der Waals surface area contributed by atoms with Crippen LogP contribution in [0.4, 0.5) is 26.4 Å². The smallest absolute Gasteiger partial charge is 0.272 e. The zero-order chi connectivity index (χ0) is 25.4. The molecule has 186 valence electrons. The third-order valence-electron chi connectivity index (χ3n) is 6.90. The molecule has 1 saturated heterocycles. The van der Waals surface area contributed by atoms with Crippen LogP contribution < -0.4 is 10.6 Å². The first-order valence-electron chi connectivity index (χ1n) is 11.6. The summed E-state index contributed by atoms with van der Waals surface area (Å²) < 4.78 is 28.8. The Morgan fingerprint density at radius 3 is 2.69 bits per heavy atom. The van der Waals surface area contributed by atoms with E-state index in [4.69, 9.17) is 5.41 Å². The number of aryl methyl sites for hydroxylation is 2. The lowest BCUT2D eigenvalue weighted by molar-refractivity contribution is -0.136. The van der Waals surface area contributed by atoms with Crippen LogP contribution in [-0.2, 0) is 18.4 Å². The Labute approximate surface area is 206 Å². The molecule has 1 saturated carbocycles. The van der Waals surface area contributed by atoms with Gasteiger partial charge in [0.25, 0.3) is 5.91 Å². The number of hydrogen-bond acceptors (Lipinski definition) is 7. The molecule has 1 aromatic carbocycles. The summed E-state index contributed by atoms with van der Waals surface area (Å²) in [5.41, 5.74) is 1.32. The molecule has 11 heteroatoms. The molecule has 36 heavy (non-hydrogen) atoms. The Kier molecular flexibility index (Phi) is 5.99. The van der Waals surface area contributed by atoms with Gasteiger partial charge in [-0.3, -0.25) is 14.9 Å². The van der Waals surface area contributed by atoms with Crippen molar-refractivity contribution in [1.29, 1.82) is 5.41 Å². The van der Waals surface area contributed by atoms with Crippen molar-refractivity contribution in [2.24, 2.45) is 7.05 Å². The van der Waals surface area contributed by atoms with Crippen LogP contribution in [0.3, 0.4) is 0 Å². The number of carbonyl (C=O) groups is 1.